The highest BCUT2D eigenvalue weighted by atomic mass is 35.5. The van der Waals surface area contributed by atoms with Gasteiger partial charge in [-0.25, -0.2) is 4.98 Å². The Morgan fingerprint density at radius 1 is 1.03 bits per heavy atom. The Morgan fingerprint density at radius 2 is 1.82 bits per heavy atom. The van der Waals surface area contributed by atoms with Crippen molar-refractivity contribution in [1.29, 1.82) is 0 Å². The molecule has 0 bridgehead atoms. The number of hydrogen-bond acceptors (Lipinski definition) is 7. The number of hydrogen-bond donors (Lipinski definition) is 1. The lowest BCUT2D eigenvalue weighted by Crippen LogP contribution is -2.20. The standard InChI is InChI=1S/C25H18ClN3O5/c1-32-19-8-5-9-20-16(19)12-22(34-20)24-28-18-7-4-3-6-15(18)25(31)29(24)27-13-14-10-17(26)23(30)21(11-14)33-2/h3-13,30H,1-2H3. The smallest absolute Gasteiger partial charge is 0.282 e. The van der Waals surface area contributed by atoms with Gasteiger partial charge in [0.05, 0.1) is 41.7 Å². The number of rotatable bonds is 5. The zero-order valence-electron chi connectivity index (χ0n) is 18.2. The zero-order valence-corrected chi connectivity index (χ0v) is 18.9. The van der Waals surface area contributed by atoms with E-state index in [4.69, 9.17) is 25.5 Å². The first-order valence-corrected chi connectivity index (χ1v) is 10.6. The highest BCUT2D eigenvalue weighted by molar-refractivity contribution is 6.32. The van der Waals surface area contributed by atoms with Crippen LogP contribution in [0.25, 0.3) is 33.5 Å². The molecule has 3 aromatic carbocycles. The van der Waals surface area contributed by atoms with E-state index in [1.807, 2.05) is 12.1 Å². The molecule has 0 saturated carbocycles. The Hall–Kier alpha value is -4.30. The van der Waals surface area contributed by atoms with Crippen molar-refractivity contribution in [1.82, 2.24) is 9.66 Å². The number of aromatic hydroxyl groups is 1. The normalized spacial score (nSPS) is 11.5. The van der Waals surface area contributed by atoms with Gasteiger partial charge in [0.15, 0.2) is 17.3 Å². The molecule has 0 amide bonds. The quantitative estimate of drug-likeness (QED) is 0.356. The highest BCUT2D eigenvalue weighted by Crippen LogP contribution is 2.35. The van der Waals surface area contributed by atoms with Gasteiger partial charge in [0.25, 0.3) is 5.56 Å². The second-order valence-corrected chi connectivity index (χ2v) is 7.76. The molecule has 8 nitrogen and oxygen atoms in total. The van der Waals surface area contributed by atoms with Gasteiger partial charge >= 0.3 is 0 Å². The fourth-order valence-electron chi connectivity index (χ4n) is 3.66. The van der Waals surface area contributed by atoms with Crippen LogP contribution < -0.4 is 15.0 Å². The monoisotopic (exact) mass is 475 g/mol. The summed E-state index contributed by atoms with van der Waals surface area (Å²) in [6, 6.07) is 17.3. The van der Waals surface area contributed by atoms with E-state index in [0.717, 1.165) is 5.39 Å². The second-order valence-electron chi connectivity index (χ2n) is 7.35. The molecular formula is C25H18ClN3O5. The summed E-state index contributed by atoms with van der Waals surface area (Å²) in [5.41, 5.74) is 1.23. The maximum atomic E-state index is 13.4. The van der Waals surface area contributed by atoms with Gasteiger partial charge in [0.1, 0.15) is 11.3 Å². The van der Waals surface area contributed by atoms with Crippen LogP contribution in [0.3, 0.4) is 0 Å². The number of furan rings is 1. The van der Waals surface area contributed by atoms with E-state index in [1.54, 1.807) is 49.6 Å². The number of methoxy groups -OCH3 is 2. The lowest BCUT2D eigenvalue weighted by atomic mass is 10.2. The van der Waals surface area contributed by atoms with Crippen molar-refractivity contribution in [3.63, 3.8) is 0 Å². The molecule has 0 aliphatic rings. The van der Waals surface area contributed by atoms with E-state index in [1.165, 1.54) is 24.1 Å². The van der Waals surface area contributed by atoms with Gasteiger partial charge < -0.3 is 19.0 Å². The Balaban J connectivity index is 1.73. The summed E-state index contributed by atoms with van der Waals surface area (Å²) in [5, 5.41) is 15.6. The largest absolute Gasteiger partial charge is 0.503 e. The molecule has 0 atom stereocenters. The highest BCUT2D eigenvalue weighted by Gasteiger charge is 2.18. The van der Waals surface area contributed by atoms with Crippen molar-refractivity contribution in [2.24, 2.45) is 5.10 Å². The summed E-state index contributed by atoms with van der Waals surface area (Å²) in [5.74, 6) is 1.21. The average molecular weight is 476 g/mol. The molecule has 2 heterocycles. The maximum absolute atomic E-state index is 13.4. The molecule has 0 unspecified atom stereocenters. The van der Waals surface area contributed by atoms with Crippen molar-refractivity contribution in [2.75, 3.05) is 14.2 Å². The summed E-state index contributed by atoms with van der Waals surface area (Å²) in [4.78, 5) is 18.0. The van der Waals surface area contributed by atoms with E-state index < -0.39 is 0 Å². The summed E-state index contributed by atoms with van der Waals surface area (Å²) >= 11 is 6.09. The number of fused-ring (bicyclic) bond motifs is 2. The molecule has 0 aliphatic carbocycles. The summed E-state index contributed by atoms with van der Waals surface area (Å²) in [7, 11) is 2.99. The molecule has 34 heavy (non-hydrogen) atoms. The molecule has 170 valence electrons. The van der Waals surface area contributed by atoms with E-state index in [0.29, 0.717) is 33.6 Å². The third-order valence-corrected chi connectivity index (χ3v) is 5.60. The van der Waals surface area contributed by atoms with Crippen molar-refractivity contribution < 1.29 is 19.0 Å². The first kappa shape index (κ1) is 21.5. The minimum atomic E-state index is -0.374. The van der Waals surface area contributed by atoms with Crippen molar-refractivity contribution >= 4 is 39.7 Å². The summed E-state index contributed by atoms with van der Waals surface area (Å²) in [6.45, 7) is 0. The molecule has 5 aromatic rings. The fourth-order valence-corrected chi connectivity index (χ4v) is 3.88. The van der Waals surface area contributed by atoms with Gasteiger partial charge in [-0.2, -0.15) is 9.78 Å². The third kappa shape index (κ3) is 3.64. The number of halogens is 1. The van der Waals surface area contributed by atoms with Gasteiger partial charge in [-0.05, 0) is 48.0 Å². The number of nitrogens with zero attached hydrogens (tertiary/aromatic N) is 3. The number of aromatic nitrogens is 2. The lowest BCUT2D eigenvalue weighted by molar-refractivity contribution is 0.373. The van der Waals surface area contributed by atoms with Crippen molar-refractivity contribution in [2.45, 2.75) is 0 Å². The first-order chi connectivity index (χ1) is 16.5. The molecule has 0 saturated heterocycles. The Kier molecular flexibility index (Phi) is 5.43. The van der Waals surface area contributed by atoms with E-state index in [-0.39, 0.29) is 27.9 Å². The molecule has 0 spiro atoms. The van der Waals surface area contributed by atoms with Crippen LogP contribution in [0.2, 0.25) is 5.02 Å². The molecule has 5 rings (SSSR count). The van der Waals surface area contributed by atoms with Crippen LogP contribution in [-0.2, 0) is 0 Å². The first-order valence-electron chi connectivity index (χ1n) is 10.2. The Morgan fingerprint density at radius 3 is 2.62 bits per heavy atom. The molecule has 0 radical (unpaired) electrons. The van der Waals surface area contributed by atoms with Crippen LogP contribution in [-0.4, -0.2) is 35.2 Å². The van der Waals surface area contributed by atoms with Gasteiger partial charge in [0, 0.05) is 0 Å². The van der Waals surface area contributed by atoms with E-state index >= 15 is 0 Å². The fraction of sp³-hybridized carbons (Fsp3) is 0.0800. The number of phenols is 1. The van der Waals surface area contributed by atoms with Crippen LogP contribution in [0.4, 0.5) is 0 Å². The summed E-state index contributed by atoms with van der Waals surface area (Å²) in [6.07, 6.45) is 1.43. The van der Waals surface area contributed by atoms with Crippen LogP contribution >= 0.6 is 11.6 Å². The van der Waals surface area contributed by atoms with Gasteiger partial charge in [-0.1, -0.05) is 29.8 Å². The minimum Gasteiger partial charge on any atom is -0.503 e. The molecule has 2 aromatic heterocycles. The molecule has 9 heteroatoms. The predicted octanol–water partition coefficient (Wildman–Crippen LogP) is 5.07. The topological polar surface area (TPSA) is 99.1 Å². The van der Waals surface area contributed by atoms with Crippen LogP contribution in [0, 0.1) is 0 Å². The molecule has 1 N–H and O–H groups in total. The van der Waals surface area contributed by atoms with Crippen LogP contribution in [0.5, 0.6) is 17.2 Å². The third-order valence-electron chi connectivity index (χ3n) is 5.31. The Bertz CT molecular complexity index is 1640. The number of ether oxygens (including phenoxy) is 2. The van der Waals surface area contributed by atoms with E-state index in [2.05, 4.69) is 10.1 Å². The number of phenolic OH excluding ortho intramolecular Hbond substituents is 1. The SMILES string of the molecule is COc1cc(C=Nn2c(-c3cc4c(OC)cccc4o3)nc3ccccc3c2=O)cc(Cl)c1O. The van der Waals surface area contributed by atoms with Crippen molar-refractivity contribution in [3.8, 4) is 28.8 Å². The second kappa shape index (κ2) is 8.57. The Labute approximate surface area is 198 Å². The zero-order chi connectivity index (χ0) is 23.8. The maximum Gasteiger partial charge on any atom is 0.282 e. The molecule has 0 fully saturated rings. The lowest BCUT2D eigenvalue weighted by Gasteiger charge is -2.08. The molecule has 0 aliphatic heterocycles. The van der Waals surface area contributed by atoms with Gasteiger partial charge in [-0.3, -0.25) is 4.79 Å². The number of benzene rings is 3. The van der Waals surface area contributed by atoms with Crippen LogP contribution in [0.1, 0.15) is 5.56 Å². The van der Waals surface area contributed by atoms with Gasteiger partial charge in [-0.15, -0.1) is 0 Å². The molecular weight excluding hydrogens is 458 g/mol. The predicted molar refractivity (Wildman–Crippen MR) is 130 cm³/mol. The van der Waals surface area contributed by atoms with Crippen molar-refractivity contribution in [3.05, 3.63) is 81.6 Å². The number of para-hydroxylation sites is 1. The van der Waals surface area contributed by atoms with Crippen LogP contribution in [0.15, 0.2) is 75.0 Å². The van der Waals surface area contributed by atoms with E-state index in [9.17, 15) is 9.90 Å². The minimum absolute atomic E-state index is 0.0920. The average Bonchev–Trinajstić information content (AvgIpc) is 3.29. The van der Waals surface area contributed by atoms with Gasteiger partial charge in [0.2, 0.25) is 5.82 Å². The summed E-state index contributed by atoms with van der Waals surface area (Å²) < 4.78 is 17.8.